The van der Waals surface area contributed by atoms with Crippen LogP contribution in [0, 0.1) is 0 Å². The molecule has 82 valence electrons. The molecule has 4 heteroatoms. The van der Waals surface area contributed by atoms with Gasteiger partial charge in [-0.15, -0.1) is 0 Å². The van der Waals surface area contributed by atoms with Gasteiger partial charge in [0, 0.05) is 22.8 Å². The highest BCUT2D eigenvalue weighted by Gasteiger charge is 2.05. The van der Waals surface area contributed by atoms with E-state index >= 15 is 0 Å². The van der Waals surface area contributed by atoms with Crippen LogP contribution < -0.4 is 0 Å². The van der Waals surface area contributed by atoms with Crippen molar-refractivity contribution in [3.05, 3.63) is 27.7 Å². The number of benzene rings is 1. The summed E-state index contributed by atoms with van der Waals surface area (Å²) in [5.74, 6) is 0.0214. The van der Waals surface area contributed by atoms with Crippen molar-refractivity contribution in [2.45, 2.75) is 26.3 Å². The first kappa shape index (κ1) is 12.3. The number of rotatable bonds is 3. The SMILES string of the molecule is CCC(C)N=Cc1cc(Cl)cc(Cl)c1O. The summed E-state index contributed by atoms with van der Waals surface area (Å²) in [5, 5.41) is 10.4. The van der Waals surface area contributed by atoms with Gasteiger partial charge in [0.1, 0.15) is 5.75 Å². The van der Waals surface area contributed by atoms with Crippen LogP contribution in [0.15, 0.2) is 17.1 Å². The normalized spacial score (nSPS) is 13.3. The molecule has 1 atom stereocenters. The zero-order chi connectivity index (χ0) is 11.4. The molecule has 1 N–H and O–H groups in total. The number of halogens is 2. The predicted octanol–water partition coefficient (Wildman–Crippen LogP) is 3.92. The molecule has 0 radical (unpaired) electrons. The topological polar surface area (TPSA) is 32.6 Å². The van der Waals surface area contributed by atoms with Crippen LogP contribution in [0.25, 0.3) is 0 Å². The lowest BCUT2D eigenvalue weighted by atomic mass is 10.2. The Morgan fingerprint density at radius 2 is 2.13 bits per heavy atom. The maximum absolute atomic E-state index is 9.63. The molecule has 0 amide bonds. The first-order chi connectivity index (χ1) is 7.04. The van der Waals surface area contributed by atoms with Crippen molar-refractivity contribution in [3.8, 4) is 5.75 Å². The number of hydrogen-bond acceptors (Lipinski definition) is 2. The number of phenols is 1. The third-order valence-corrected chi connectivity index (χ3v) is 2.62. The second-order valence-corrected chi connectivity index (χ2v) is 4.20. The monoisotopic (exact) mass is 245 g/mol. The van der Waals surface area contributed by atoms with Crippen molar-refractivity contribution in [1.82, 2.24) is 0 Å². The Kier molecular flexibility index (Phi) is 4.43. The fourth-order valence-corrected chi connectivity index (χ4v) is 1.51. The molecule has 0 bridgehead atoms. The molecule has 0 fully saturated rings. The van der Waals surface area contributed by atoms with Gasteiger partial charge in [0.05, 0.1) is 5.02 Å². The Balaban J connectivity index is 2.99. The van der Waals surface area contributed by atoms with E-state index in [1.165, 1.54) is 6.07 Å². The Bertz CT molecular complexity index is 377. The second-order valence-electron chi connectivity index (χ2n) is 3.36. The zero-order valence-corrected chi connectivity index (χ0v) is 10.2. The highest BCUT2D eigenvalue weighted by molar-refractivity contribution is 6.36. The fourth-order valence-electron chi connectivity index (χ4n) is 0.997. The highest BCUT2D eigenvalue weighted by atomic mass is 35.5. The van der Waals surface area contributed by atoms with Gasteiger partial charge in [-0.2, -0.15) is 0 Å². The van der Waals surface area contributed by atoms with E-state index in [4.69, 9.17) is 23.2 Å². The van der Waals surface area contributed by atoms with Crippen molar-refractivity contribution >= 4 is 29.4 Å². The molecular formula is C11H13Cl2NO. The minimum atomic E-state index is 0.0214. The summed E-state index contributed by atoms with van der Waals surface area (Å²) < 4.78 is 0. The van der Waals surface area contributed by atoms with Crippen LogP contribution in [0.5, 0.6) is 5.75 Å². The van der Waals surface area contributed by atoms with Crippen LogP contribution in [0.1, 0.15) is 25.8 Å². The third kappa shape index (κ3) is 3.40. The zero-order valence-electron chi connectivity index (χ0n) is 8.67. The second kappa shape index (κ2) is 5.38. The predicted molar refractivity (Wildman–Crippen MR) is 65.5 cm³/mol. The van der Waals surface area contributed by atoms with Crippen molar-refractivity contribution in [1.29, 1.82) is 0 Å². The third-order valence-electron chi connectivity index (χ3n) is 2.12. The summed E-state index contributed by atoms with van der Waals surface area (Å²) in [7, 11) is 0. The molecule has 2 nitrogen and oxygen atoms in total. The van der Waals surface area contributed by atoms with E-state index in [2.05, 4.69) is 4.99 Å². The Labute approximate surface area is 99.6 Å². The number of nitrogens with zero attached hydrogens (tertiary/aromatic N) is 1. The van der Waals surface area contributed by atoms with Crippen molar-refractivity contribution < 1.29 is 5.11 Å². The lowest BCUT2D eigenvalue weighted by molar-refractivity contribution is 0.474. The van der Waals surface area contributed by atoms with Crippen LogP contribution in [0.2, 0.25) is 10.0 Å². The number of aliphatic imine (C=N–C) groups is 1. The Hall–Kier alpha value is -0.730. The van der Waals surface area contributed by atoms with Gasteiger partial charge in [0.2, 0.25) is 0 Å². The average Bonchev–Trinajstić information content (AvgIpc) is 2.20. The standard InChI is InChI=1S/C11H13Cl2NO/c1-3-7(2)14-6-8-4-9(12)5-10(13)11(8)15/h4-7,15H,3H2,1-2H3. The van der Waals surface area contributed by atoms with Gasteiger partial charge in [-0.05, 0) is 25.5 Å². The molecule has 0 aliphatic heterocycles. The average molecular weight is 246 g/mol. The smallest absolute Gasteiger partial charge is 0.143 e. The van der Waals surface area contributed by atoms with E-state index < -0.39 is 0 Å². The van der Waals surface area contributed by atoms with Crippen LogP contribution >= 0.6 is 23.2 Å². The lowest BCUT2D eigenvalue weighted by Gasteiger charge is -2.04. The van der Waals surface area contributed by atoms with Crippen LogP contribution in [-0.2, 0) is 0 Å². The van der Waals surface area contributed by atoms with Crippen molar-refractivity contribution in [3.63, 3.8) is 0 Å². The minimum absolute atomic E-state index is 0.0214. The van der Waals surface area contributed by atoms with E-state index in [9.17, 15) is 5.11 Å². The number of phenolic OH excluding ortho intramolecular Hbond substituents is 1. The van der Waals surface area contributed by atoms with Crippen LogP contribution in [0.3, 0.4) is 0 Å². The summed E-state index contributed by atoms with van der Waals surface area (Å²) in [5.41, 5.74) is 0.549. The first-order valence-corrected chi connectivity index (χ1v) is 5.51. The summed E-state index contributed by atoms with van der Waals surface area (Å²) in [6, 6.07) is 3.36. The van der Waals surface area contributed by atoms with Crippen molar-refractivity contribution in [2.75, 3.05) is 0 Å². The van der Waals surface area contributed by atoms with Gasteiger partial charge in [-0.3, -0.25) is 4.99 Å². The maximum atomic E-state index is 9.63. The summed E-state index contributed by atoms with van der Waals surface area (Å²) >= 11 is 11.6. The van der Waals surface area contributed by atoms with E-state index in [0.29, 0.717) is 10.6 Å². The summed E-state index contributed by atoms with van der Waals surface area (Å²) in [6.07, 6.45) is 2.55. The van der Waals surface area contributed by atoms with E-state index in [-0.39, 0.29) is 16.8 Å². The van der Waals surface area contributed by atoms with Crippen LogP contribution in [0.4, 0.5) is 0 Å². The van der Waals surface area contributed by atoms with E-state index in [0.717, 1.165) is 6.42 Å². The largest absolute Gasteiger partial charge is 0.506 e. The minimum Gasteiger partial charge on any atom is -0.506 e. The van der Waals surface area contributed by atoms with E-state index in [1.54, 1.807) is 12.3 Å². The molecule has 0 saturated heterocycles. The first-order valence-electron chi connectivity index (χ1n) is 4.75. The number of hydrogen-bond donors (Lipinski definition) is 1. The molecule has 0 aromatic heterocycles. The fraction of sp³-hybridized carbons (Fsp3) is 0.364. The quantitative estimate of drug-likeness (QED) is 0.805. The maximum Gasteiger partial charge on any atom is 0.143 e. The number of aromatic hydroxyl groups is 1. The van der Waals surface area contributed by atoms with Gasteiger partial charge in [-0.1, -0.05) is 30.1 Å². The molecule has 15 heavy (non-hydrogen) atoms. The molecule has 1 aromatic rings. The Morgan fingerprint density at radius 3 is 2.73 bits per heavy atom. The van der Waals surface area contributed by atoms with Gasteiger partial charge in [0.25, 0.3) is 0 Å². The van der Waals surface area contributed by atoms with Gasteiger partial charge >= 0.3 is 0 Å². The molecule has 0 aliphatic carbocycles. The molecule has 0 saturated carbocycles. The molecule has 0 aliphatic rings. The van der Waals surface area contributed by atoms with Crippen molar-refractivity contribution in [2.24, 2.45) is 4.99 Å². The molecule has 0 spiro atoms. The molecule has 0 heterocycles. The molecule has 1 rings (SSSR count). The Morgan fingerprint density at radius 1 is 1.47 bits per heavy atom. The highest BCUT2D eigenvalue weighted by Crippen LogP contribution is 2.30. The lowest BCUT2D eigenvalue weighted by Crippen LogP contribution is -1.95. The molecular weight excluding hydrogens is 233 g/mol. The molecule has 1 unspecified atom stereocenters. The van der Waals surface area contributed by atoms with Crippen LogP contribution in [-0.4, -0.2) is 17.4 Å². The van der Waals surface area contributed by atoms with Gasteiger partial charge in [0.15, 0.2) is 0 Å². The summed E-state index contributed by atoms with van der Waals surface area (Å²) in [4.78, 5) is 4.25. The molecule has 1 aromatic carbocycles. The van der Waals surface area contributed by atoms with Gasteiger partial charge in [-0.25, -0.2) is 0 Å². The summed E-state index contributed by atoms with van der Waals surface area (Å²) in [6.45, 7) is 4.05. The van der Waals surface area contributed by atoms with Gasteiger partial charge < -0.3 is 5.11 Å². The van der Waals surface area contributed by atoms with E-state index in [1.807, 2.05) is 13.8 Å².